The number of hydrogen-bond donors (Lipinski definition) is 1. The van der Waals surface area contributed by atoms with Crippen molar-refractivity contribution in [2.24, 2.45) is 17.8 Å². The third kappa shape index (κ3) is 8.32. The van der Waals surface area contributed by atoms with E-state index in [9.17, 15) is 9.00 Å². The van der Waals surface area contributed by atoms with Crippen LogP contribution in [-0.2, 0) is 26.3 Å². The Morgan fingerprint density at radius 2 is 1.93 bits per heavy atom. The molecular weight excluding hydrogens is 740 g/mol. The Morgan fingerprint density at radius 3 is 2.64 bits per heavy atom. The molecule has 1 unspecified atom stereocenters. The van der Waals surface area contributed by atoms with Crippen molar-refractivity contribution in [2.75, 3.05) is 57.4 Å². The van der Waals surface area contributed by atoms with E-state index in [1.54, 1.807) is 0 Å². The molecule has 1 saturated carbocycles. The smallest absolute Gasteiger partial charge is 0.262 e. The molecule has 2 fully saturated rings. The van der Waals surface area contributed by atoms with Crippen molar-refractivity contribution in [3.8, 4) is 5.75 Å². The van der Waals surface area contributed by atoms with Gasteiger partial charge in [-0.25, -0.2) is 4.21 Å². The lowest BCUT2D eigenvalue weighted by molar-refractivity contribution is -0.115. The number of amides is 1. The molecule has 1 N–H and O–H groups in total. The quantitative estimate of drug-likeness (QED) is 0.224. The summed E-state index contributed by atoms with van der Waals surface area (Å²) in [7, 11) is -2.98. The Bertz CT molecular complexity index is 1870. The van der Waals surface area contributed by atoms with Crippen LogP contribution in [0.4, 0.5) is 5.69 Å². The van der Waals surface area contributed by atoms with Gasteiger partial charge in [-0.2, -0.15) is 0 Å². The van der Waals surface area contributed by atoms with Crippen molar-refractivity contribution in [3.05, 3.63) is 70.3 Å². The highest BCUT2D eigenvalue weighted by atomic mass is 35.5. The van der Waals surface area contributed by atoms with E-state index in [-0.39, 0.29) is 22.5 Å². The molecule has 3 aliphatic heterocycles. The minimum absolute atomic E-state index is 0.0518. The van der Waals surface area contributed by atoms with Crippen LogP contribution in [0, 0.1) is 17.8 Å². The van der Waals surface area contributed by atoms with Crippen LogP contribution < -0.4 is 14.4 Å². The van der Waals surface area contributed by atoms with Gasteiger partial charge in [-0.3, -0.25) is 19.3 Å². The van der Waals surface area contributed by atoms with Gasteiger partial charge in [0, 0.05) is 79.2 Å². The summed E-state index contributed by atoms with van der Waals surface area (Å²) >= 11 is 6.56. The number of hydrogen-bond acceptors (Lipinski definition) is 7. The van der Waals surface area contributed by atoms with Gasteiger partial charge in [0.05, 0.1) is 22.0 Å². The molecule has 1 amide bonds. The van der Waals surface area contributed by atoms with Crippen LogP contribution in [0.3, 0.4) is 0 Å². The summed E-state index contributed by atoms with van der Waals surface area (Å²) in [5.74, 6) is 5.41. The molecule has 2 bridgehead atoms. The summed E-state index contributed by atoms with van der Waals surface area (Å²) in [4.78, 5) is 21.9. The predicted molar refractivity (Wildman–Crippen MR) is 233 cm³/mol. The molecular formula is C46H67ClN4O4S. The van der Waals surface area contributed by atoms with E-state index in [0.29, 0.717) is 42.7 Å². The van der Waals surface area contributed by atoms with Crippen LogP contribution in [0.2, 0.25) is 5.02 Å². The lowest BCUT2D eigenvalue weighted by Crippen LogP contribution is -2.61. The third-order valence-electron chi connectivity index (χ3n) is 14.0. The van der Waals surface area contributed by atoms with E-state index in [0.717, 1.165) is 107 Å². The molecule has 0 radical (unpaired) electrons. The van der Waals surface area contributed by atoms with Gasteiger partial charge >= 0.3 is 0 Å². The van der Waals surface area contributed by atoms with Gasteiger partial charge in [0.1, 0.15) is 11.4 Å². The average Bonchev–Trinajstić information content (AvgIpc) is 3.28. The number of carbonyl (C=O) groups is 1. The van der Waals surface area contributed by atoms with Gasteiger partial charge < -0.3 is 14.4 Å². The van der Waals surface area contributed by atoms with Crippen molar-refractivity contribution in [3.63, 3.8) is 0 Å². The first-order chi connectivity index (χ1) is 26.8. The van der Waals surface area contributed by atoms with Gasteiger partial charge in [0.25, 0.3) is 5.91 Å². The zero-order valence-electron chi connectivity index (χ0n) is 34.9. The van der Waals surface area contributed by atoms with E-state index in [1.807, 2.05) is 24.3 Å². The minimum atomic E-state index is -2.98. The minimum Gasteiger partial charge on any atom is -0.490 e. The summed E-state index contributed by atoms with van der Waals surface area (Å²) in [5, 5.41) is 0.506. The molecule has 1 spiro atoms. The molecule has 56 heavy (non-hydrogen) atoms. The second-order valence-corrected chi connectivity index (χ2v) is 20.8. The van der Waals surface area contributed by atoms with Crippen LogP contribution in [0.5, 0.6) is 5.75 Å². The maximum atomic E-state index is 14.5. The largest absolute Gasteiger partial charge is 0.490 e. The number of benzene rings is 2. The Hall–Kier alpha value is -2.56. The molecule has 2 aromatic carbocycles. The highest BCUT2D eigenvalue weighted by molar-refractivity contribution is 7.99. The SMILES string of the molecule is C=S1(=O)NC(=O)c2ccc3c(c2)N(C[C@@H]2CC[C@H]2[C@](CN2CCN(C(C)C)[C@H](C)C2)(OCC)/C=C/C[C@H](C)[C@H]1CCC)C[C@@]1(CCCc2cc(Cl)ccc21)CO3. The molecule has 7 rings (SSSR count). The number of fused-ring (bicyclic) bond motifs is 4. The maximum Gasteiger partial charge on any atom is 0.262 e. The third-order valence-corrected chi connectivity index (χ3v) is 16.4. The van der Waals surface area contributed by atoms with Crippen LogP contribution >= 0.6 is 11.6 Å². The van der Waals surface area contributed by atoms with E-state index in [2.05, 4.69) is 91.1 Å². The first kappa shape index (κ1) is 41.6. The highest BCUT2D eigenvalue weighted by Gasteiger charge is 2.50. The Morgan fingerprint density at radius 1 is 1.11 bits per heavy atom. The van der Waals surface area contributed by atoms with E-state index >= 15 is 0 Å². The van der Waals surface area contributed by atoms with Crippen molar-refractivity contribution in [1.29, 1.82) is 0 Å². The number of halogens is 1. The summed E-state index contributed by atoms with van der Waals surface area (Å²) in [5.41, 5.74) is 3.35. The molecule has 1 saturated heterocycles. The number of nitrogens with one attached hydrogen (secondary N) is 1. The molecule has 3 heterocycles. The van der Waals surface area contributed by atoms with Crippen molar-refractivity contribution < 1.29 is 18.5 Å². The van der Waals surface area contributed by atoms with Gasteiger partial charge in [-0.15, -0.1) is 0 Å². The Balaban J connectivity index is 1.32. The van der Waals surface area contributed by atoms with Crippen molar-refractivity contribution in [1.82, 2.24) is 14.5 Å². The summed E-state index contributed by atoms with van der Waals surface area (Å²) in [6, 6.07) is 13.1. The van der Waals surface area contributed by atoms with E-state index in [1.165, 1.54) is 11.1 Å². The molecule has 8 atom stereocenters. The number of rotatable bonds is 7. The molecule has 2 aliphatic carbocycles. The van der Waals surface area contributed by atoms with E-state index < -0.39 is 15.3 Å². The topological polar surface area (TPSA) is 74.4 Å². The van der Waals surface area contributed by atoms with E-state index in [4.69, 9.17) is 21.1 Å². The fraction of sp³-hybridized carbons (Fsp3) is 0.652. The molecule has 2 aromatic rings. The number of nitrogens with zero attached hydrogens (tertiary/aromatic N) is 3. The molecule has 0 aromatic heterocycles. The number of anilines is 1. The first-order valence-electron chi connectivity index (χ1n) is 21.6. The van der Waals surface area contributed by atoms with Crippen molar-refractivity contribution >= 4 is 38.8 Å². The molecule has 308 valence electrons. The molecule has 10 heteroatoms. The number of ether oxygens (including phenoxy) is 2. The Labute approximate surface area is 342 Å². The lowest BCUT2D eigenvalue weighted by atomic mass is 9.63. The second-order valence-electron chi connectivity index (χ2n) is 18.1. The number of piperazine rings is 1. The summed E-state index contributed by atoms with van der Waals surface area (Å²) in [6.45, 7) is 20.1. The van der Waals surface area contributed by atoms with Crippen molar-refractivity contribution in [2.45, 2.75) is 121 Å². The zero-order chi connectivity index (χ0) is 39.8. The number of allylic oxidation sites excluding steroid dienone is 1. The molecule has 8 nitrogen and oxygen atoms in total. The van der Waals surface area contributed by atoms with Gasteiger partial charge in [0.2, 0.25) is 0 Å². The standard InChI is InChI=1S/C46H67ClN4O4S/c1-8-12-43-33(5)13-10-22-46(55-9-2,30-49-23-24-51(32(3)4)34(6)27-49)40-18-15-37(40)28-50-29-45(21-11-14-35-25-38(47)17-19-39(35)45)31-54-42-20-16-36(26-41(42)50)44(52)48-56(43,7)53/h10,16-17,19-20,22,25-26,32-34,37,40,43H,7-9,11-15,18,21,23-24,27-31H2,1-6H3,(H,48,52,53)/b22-10+/t33-,34+,37-,40+,43+,45-,46-,56?/m0/s1. The zero-order valence-corrected chi connectivity index (χ0v) is 36.4. The maximum absolute atomic E-state index is 14.5. The first-order valence-corrected chi connectivity index (χ1v) is 23.7. The van der Waals surface area contributed by atoms with Gasteiger partial charge in [0.15, 0.2) is 0 Å². The predicted octanol–water partition coefficient (Wildman–Crippen LogP) is 8.16. The average molecular weight is 808 g/mol. The van der Waals surface area contributed by atoms with Crippen LogP contribution in [-0.4, -0.2) is 101 Å². The number of aryl methyl sites for hydroxylation is 1. The second kappa shape index (κ2) is 17.0. The van der Waals surface area contributed by atoms with Crippen LogP contribution in [0.25, 0.3) is 0 Å². The summed E-state index contributed by atoms with van der Waals surface area (Å²) in [6.07, 6.45) is 12.3. The van der Waals surface area contributed by atoms with Crippen LogP contribution in [0.1, 0.15) is 108 Å². The fourth-order valence-electron chi connectivity index (χ4n) is 11.1. The lowest BCUT2D eigenvalue weighted by Gasteiger charge is -2.53. The highest BCUT2D eigenvalue weighted by Crippen LogP contribution is 2.49. The molecule has 5 aliphatic rings. The number of carbonyl (C=O) groups excluding carboxylic acids is 1. The normalized spacial score (nSPS) is 34.8. The Kier molecular flexibility index (Phi) is 12.6. The van der Waals surface area contributed by atoms with Gasteiger partial charge in [-0.05, 0) is 138 Å². The fourth-order valence-corrected chi connectivity index (χ4v) is 13.4. The summed E-state index contributed by atoms with van der Waals surface area (Å²) < 4.78 is 31.4. The van der Waals surface area contributed by atoms with Crippen LogP contribution in [0.15, 0.2) is 48.6 Å². The van der Waals surface area contributed by atoms with Gasteiger partial charge in [-0.1, -0.05) is 50.1 Å². The monoisotopic (exact) mass is 806 g/mol.